The molecule has 0 fully saturated rings. The van der Waals surface area contributed by atoms with Gasteiger partial charge in [-0.1, -0.05) is 13.2 Å². The predicted octanol–water partition coefficient (Wildman–Crippen LogP) is 1.69. The van der Waals surface area contributed by atoms with Crippen LogP contribution in [0.5, 0.6) is 0 Å². The molecule has 0 spiro atoms. The molecule has 0 aliphatic rings. The third-order valence-electron chi connectivity index (χ3n) is 1.37. The Morgan fingerprint density at radius 2 is 2.18 bits per heavy atom. The molecule has 0 aromatic carbocycles. The monoisotopic (exact) mass is 176 g/mol. The van der Waals surface area contributed by atoms with Crippen molar-refractivity contribution in [3.63, 3.8) is 0 Å². The molecule has 0 amide bonds. The standard InChI is InChI=1S/C8H13ClO2/c1-6(4-5-9)7(2)8(10)11-3/h8,10H,1-2,4-5H2,3H3. The Hall–Kier alpha value is -0.310. The summed E-state index contributed by atoms with van der Waals surface area (Å²) in [4.78, 5) is 0. The number of aliphatic hydroxyl groups excluding tert-OH is 1. The molecule has 1 atom stereocenters. The highest BCUT2D eigenvalue weighted by molar-refractivity contribution is 6.18. The normalized spacial score (nSPS) is 12.6. The minimum atomic E-state index is -0.953. The lowest BCUT2D eigenvalue weighted by Gasteiger charge is -2.12. The minimum absolute atomic E-state index is 0.480. The lowest BCUT2D eigenvalue weighted by atomic mass is 10.1. The summed E-state index contributed by atoms with van der Waals surface area (Å²) in [5, 5.41) is 9.10. The van der Waals surface area contributed by atoms with Gasteiger partial charge in [-0.2, -0.15) is 0 Å². The average molecular weight is 177 g/mol. The molecule has 2 nitrogen and oxygen atoms in total. The molecule has 0 heterocycles. The molecule has 1 unspecified atom stereocenters. The first-order chi connectivity index (χ1) is 5.13. The van der Waals surface area contributed by atoms with E-state index in [1.807, 2.05) is 0 Å². The molecule has 3 heteroatoms. The van der Waals surface area contributed by atoms with Gasteiger partial charge in [0.1, 0.15) is 0 Å². The molecule has 0 bridgehead atoms. The van der Waals surface area contributed by atoms with Gasteiger partial charge in [-0.15, -0.1) is 11.6 Å². The van der Waals surface area contributed by atoms with Crippen LogP contribution < -0.4 is 0 Å². The second kappa shape index (κ2) is 5.35. The highest BCUT2D eigenvalue weighted by atomic mass is 35.5. The first kappa shape index (κ1) is 10.7. The van der Waals surface area contributed by atoms with E-state index >= 15 is 0 Å². The molecule has 0 saturated heterocycles. The van der Waals surface area contributed by atoms with Crippen LogP contribution in [-0.2, 0) is 4.74 Å². The number of aliphatic hydroxyl groups is 1. The zero-order valence-corrected chi connectivity index (χ0v) is 7.40. The predicted molar refractivity (Wildman–Crippen MR) is 46.6 cm³/mol. The molecule has 0 aromatic heterocycles. The van der Waals surface area contributed by atoms with E-state index in [1.54, 1.807) is 0 Å². The van der Waals surface area contributed by atoms with Gasteiger partial charge in [-0.3, -0.25) is 0 Å². The Balaban J connectivity index is 3.92. The van der Waals surface area contributed by atoms with Gasteiger partial charge in [0.2, 0.25) is 0 Å². The third-order valence-corrected chi connectivity index (χ3v) is 1.56. The van der Waals surface area contributed by atoms with Gasteiger partial charge in [-0.05, 0) is 12.0 Å². The number of halogens is 1. The Bertz CT molecular complexity index is 154. The van der Waals surface area contributed by atoms with Crippen LogP contribution >= 0.6 is 11.6 Å². The lowest BCUT2D eigenvalue weighted by Crippen LogP contribution is -2.13. The maximum atomic E-state index is 9.10. The fraction of sp³-hybridized carbons (Fsp3) is 0.500. The summed E-state index contributed by atoms with van der Waals surface area (Å²) in [6.07, 6.45) is -0.327. The van der Waals surface area contributed by atoms with E-state index in [-0.39, 0.29) is 0 Å². The van der Waals surface area contributed by atoms with Crippen molar-refractivity contribution in [3.05, 3.63) is 24.3 Å². The Morgan fingerprint density at radius 1 is 1.64 bits per heavy atom. The van der Waals surface area contributed by atoms with Crippen molar-refractivity contribution >= 4 is 11.6 Å². The number of alkyl halides is 1. The van der Waals surface area contributed by atoms with Gasteiger partial charge >= 0.3 is 0 Å². The van der Waals surface area contributed by atoms with Crippen LogP contribution in [0.2, 0.25) is 0 Å². The molecule has 0 aliphatic heterocycles. The molecule has 0 aromatic rings. The number of methoxy groups -OCH3 is 1. The molecular weight excluding hydrogens is 164 g/mol. The number of hydrogen-bond acceptors (Lipinski definition) is 2. The second-order valence-corrected chi connectivity index (χ2v) is 2.53. The smallest absolute Gasteiger partial charge is 0.180 e. The van der Waals surface area contributed by atoms with Gasteiger partial charge in [-0.25, -0.2) is 0 Å². The van der Waals surface area contributed by atoms with Crippen molar-refractivity contribution in [2.24, 2.45) is 0 Å². The first-order valence-electron chi connectivity index (χ1n) is 3.27. The maximum absolute atomic E-state index is 9.10. The Labute approximate surface area is 72.1 Å². The van der Waals surface area contributed by atoms with Gasteiger partial charge in [0, 0.05) is 18.6 Å². The van der Waals surface area contributed by atoms with E-state index in [4.69, 9.17) is 16.7 Å². The SMILES string of the molecule is C=C(CCCl)C(=C)C(O)OC. The molecule has 0 aliphatic carbocycles. The highest BCUT2D eigenvalue weighted by Gasteiger charge is 2.09. The van der Waals surface area contributed by atoms with Gasteiger partial charge in [0.05, 0.1) is 0 Å². The van der Waals surface area contributed by atoms with Crippen molar-refractivity contribution in [2.75, 3.05) is 13.0 Å². The fourth-order valence-electron chi connectivity index (χ4n) is 0.591. The van der Waals surface area contributed by atoms with Crippen LogP contribution in [-0.4, -0.2) is 24.4 Å². The molecular formula is C8H13ClO2. The van der Waals surface area contributed by atoms with E-state index in [1.165, 1.54) is 7.11 Å². The zero-order chi connectivity index (χ0) is 8.85. The van der Waals surface area contributed by atoms with Crippen LogP contribution in [0.3, 0.4) is 0 Å². The third kappa shape index (κ3) is 3.56. The number of rotatable bonds is 5. The minimum Gasteiger partial charge on any atom is -0.364 e. The Kier molecular flexibility index (Phi) is 5.20. The van der Waals surface area contributed by atoms with Crippen LogP contribution in [0.1, 0.15) is 6.42 Å². The van der Waals surface area contributed by atoms with E-state index < -0.39 is 6.29 Å². The largest absolute Gasteiger partial charge is 0.364 e. The van der Waals surface area contributed by atoms with Gasteiger partial charge in [0.25, 0.3) is 0 Å². The number of ether oxygens (including phenoxy) is 1. The molecule has 0 saturated carbocycles. The van der Waals surface area contributed by atoms with E-state index in [0.29, 0.717) is 17.9 Å². The topological polar surface area (TPSA) is 29.5 Å². The molecule has 11 heavy (non-hydrogen) atoms. The fourth-order valence-corrected chi connectivity index (χ4v) is 0.820. The summed E-state index contributed by atoms with van der Waals surface area (Å²) in [5.41, 5.74) is 1.22. The quantitative estimate of drug-likeness (QED) is 0.393. The van der Waals surface area contributed by atoms with Crippen LogP contribution in [0.25, 0.3) is 0 Å². The van der Waals surface area contributed by atoms with E-state index in [2.05, 4.69) is 17.9 Å². The van der Waals surface area contributed by atoms with E-state index in [0.717, 1.165) is 5.57 Å². The van der Waals surface area contributed by atoms with Crippen LogP contribution in [0, 0.1) is 0 Å². The highest BCUT2D eigenvalue weighted by Crippen LogP contribution is 2.14. The molecule has 0 rings (SSSR count). The summed E-state index contributed by atoms with van der Waals surface area (Å²) < 4.78 is 4.63. The zero-order valence-electron chi connectivity index (χ0n) is 6.64. The van der Waals surface area contributed by atoms with Crippen molar-refractivity contribution < 1.29 is 9.84 Å². The summed E-state index contributed by atoms with van der Waals surface area (Å²) in [5.74, 6) is 0.480. The molecule has 1 N–H and O–H groups in total. The molecule has 64 valence electrons. The summed E-state index contributed by atoms with van der Waals surface area (Å²) in [6.45, 7) is 7.30. The van der Waals surface area contributed by atoms with E-state index in [9.17, 15) is 0 Å². The van der Waals surface area contributed by atoms with Crippen LogP contribution in [0.4, 0.5) is 0 Å². The summed E-state index contributed by atoms with van der Waals surface area (Å²) >= 11 is 5.46. The number of hydrogen-bond donors (Lipinski definition) is 1. The lowest BCUT2D eigenvalue weighted by molar-refractivity contribution is -0.0427. The van der Waals surface area contributed by atoms with Gasteiger partial charge < -0.3 is 9.84 Å². The maximum Gasteiger partial charge on any atom is 0.180 e. The second-order valence-electron chi connectivity index (χ2n) is 2.16. The van der Waals surface area contributed by atoms with Crippen molar-refractivity contribution in [1.82, 2.24) is 0 Å². The van der Waals surface area contributed by atoms with Crippen molar-refractivity contribution in [3.8, 4) is 0 Å². The summed E-state index contributed by atoms with van der Waals surface area (Å²) in [7, 11) is 1.41. The summed E-state index contributed by atoms with van der Waals surface area (Å²) in [6, 6.07) is 0. The van der Waals surface area contributed by atoms with Crippen molar-refractivity contribution in [2.45, 2.75) is 12.7 Å². The Morgan fingerprint density at radius 3 is 2.55 bits per heavy atom. The average Bonchev–Trinajstić information content (AvgIpc) is 2.02. The first-order valence-corrected chi connectivity index (χ1v) is 3.80. The molecule has 0 radical (unpaired) electrons. The van der Waals surface area contributed by atoms with Gasteiger partial charge in [0.15, 0.2) is 6.29 Å². The van der Waals surface area contributed by atoms with Crippen LogP contribution in [0.15, 0.2) is 24.3 Å². The van der Waals surface area contributed by atoms with Crippen molar-refractivity contribution in [1.29, 1.82) is 0 Å².